The first kappa shape index (κ1) is 23.7. The topological polar surface area (TPSA) is 71.2 Å². The maximum atomic E-state index is 12.3. The second-order valence-corrected chi connectivity index (χ2v) is 7.42. The number of benzene rings is 1. The Morgan fingerprint density at radius 1 is 1.26 bits per heavy atom. The molecule has 1 aromatic heterocycles. The summed E-state index contributed by atoms with van der Waals surface area (Å²) in [5.74, 6) is -0.274. The van der Waals surface area contributed by atoms with Gasteiger partial charge in [0.1, 0.15) is 0 Å². The molecule has 1 aliphatic heterocycles. The highest BCUT2D eigenvalue weighted by Crippen LogP contribution is 2.24. The third-order valence-corrected chi connectivity index (χ3v) is 5.68. The Bertz CT molecular complexity index is 692. The van der Waals surface area contributed by atoms with Crippen LogP contribution in [-0.4, -0.2) is 30.5 Å². The van der Waals surface area contributed by atoms with Crippen molar-refractivity contribution in [1.29, 1.82) is 0 Å². The molecule has 1 aliphatic rings. The van der Waals surface area contributed by atoms with Crippen molar-refractivity contribution in [3.05, 3.63) is 47.0 Å². The second-order valence-electron chi connectivity index (χ2n) is 6.58. The molecule has 1 fully saturated rings. The SMILES string of the molecule is CC(C(=O)NCCc1csc(N2CCCC2)n1)C(N)c1ccccc1.Cl.Cl. The van der Waals surface area contributed by atoms with Crippen molar-refractivity contribution in [2.24, 2.45) is 11.7 Å². The van der Waals surface area contributed by atoms with E-state index in [0.717, 1.165) is 35.9 Å². The van der Waals surface area contributed by atoms with Crippen LogP contribution in [0, 0.1) is 5.92 Å². The van der Waals surface area contributed by atoms with Crippen LogP contribution in [0.3, 0.4) is 0 Å². The normalized spacial score (nSPS) is 15.4. The Balaban J connectivity index is 0.00000182. The van der Waals surface area contributed by atoms with Crippen molar-refractivity contribution >= 4 is 47.2 Å². The summed E-state index contributed by atoms with van der Waals surface area (Å²) < 4.78 is 0. The van der Waals surface area contributed by atoms with Gasteiger partial charge in [-0.05, 0) is 18.4 Å². The molecule has 0 radical (unpaired) electrons. The van der Waals surface area contributed by atoms with E-state index in [4.69, 9.17) is 5.73 Å². The fourth-order valence-electron chi connectivity index (χ4n) is 3.07. The van der Waals surface area contributed by atoms with Gasteiger partial charge >= 0.3 is 0 Å². The predicted octanol–water partition coefficient (Wildman–Crippen LogP) is 3.58. The van der Waals surface area contributed by atoms with E-state index in [1.807, 2.05) is 37.3 Å². The van der Waals surface area contributed by atoms with E-state index in [1.54, 1.807) is 11.3 Å². The number of halogens is 2. The van der Waals surface area contributed by atoms with E-state index in [-0.39, 0.29) is 42.7 Å². The number of nitrogens with two attached hydrogens (primary N) is 1. The number of aromatic nitrogens is 1. The van der Waals surface area contributed by atoms with Crippen LogP contribution >= 0.6 is 36.2 Å². The third-order valence-electron chi connectivity index (χ3n) is 4.73. The average molecular weight is 431 g/mol. The van der Waals surface area contributed by atoms with Gasteiger partial charge in [-0.1, -0.05) is 37.3 Å². The molecule has 2 aromatic rings. The van der Waals surface area contributed by atoms with Gasteiger partial charge in [0.25, 0.3) is 0 Å². The summed E-state index contributed by atoms with van der Waals surface area (Å²) in [6.07, 6.45) is 3.26. The Kier molecular flexibility index (Phi) is 10.1. The zero-order chi connectivity index (χ0) is 17.6. The first-order valence-electron chi connectivity index (χ1n) is 8.93. The molecule has 5 nitrogen and oxygen atoms in total. The van der Waals surface area contributed by atoms with Crippen LogP contribution in [0.4, 0.5) is 5.13 Å². The van der Waals surface area contributed by atoms with Gasteiger partial charge in [-0.2, -0.15) is 0 Å². The van der Waals surface area contributed by atoms with E-state index in [1.165, 1.54) is 12.8 Å². The minimum atomic E-state index is -0.290. The standard InChI is InChI=1S/C19H26N4OS.2ClH/c1-14(17(20)15-7-3-2-4-8-15)18(24)21-10-9-16-13-25-19(22-16)23-11-5-6-12-23;;/h2-4,7-8,13-14,17H,5-6,9-12,20H2,1H3,(H,21,24);2*1H. The number of carbonyl (C=O) groups is 1. The number of hydrogen-bond acceptors (Lipinski definition) is 5. The lowest BCUT2D eigenvalue weighted by Gasteiger charge is -2.19. The molecule has 1 saturated heterocycles. The summed E-state index contributed by atoms with van der Waals surface area (Å²) in [5, 5.41) is 6.20. The zero-order valence-electron chi connectivity index (χ0n) is 15.5. The van der Waals surface area contributed by atoms with Crippen molar-refractivity contribution in [1.82, 2.24) is 10.3 Å². The van der Waals surface area contributed by atoms with Gasteiger partial charge in [0.2, 0.25) is 5.91 Å². The average Bonchev–Trinajstić information content (AvgIpc) is 3.32. The van der Waals surface area contributed by atoms with Crippen LogP contribution in [-0.2, 0) is 11.2 Å². The maximum absolute atomic E-state index is 12.3. The number of carbonyl (C=O) groups excluding carboxylic acids is 1. The van der Waals surface area contributed by atoms with Gasteiger partial charge in [0.05, 0.1) is 11.6 Å². The summed E-state index contributed by atoms with van der Waals surface area (Å²) in [6, 6.07) is 9.47. The fourth-order valence-corrected chi connectivity index (χ4v) is 3.98. The van der Waals surface area contributed by atoms with Gasteiger partial charge < -0.3 is 16.0 Å². The first-order chi connectivity index (χ1) is 12.1. The van der Waals surface area contributed by atoms with E-state index < -0.39 is 0 Å². The Morgan fingerprint density at radius 3 is 2.59 bits per heavy atom. The largest absolute Gasteiger partial charge is 0.355 e. The van der Waals surface area contributed by atoms with E-state index in [9.17, 15) is 4.79 Å². The molecular formula is C19H28Cl2N4OS. The van der Waals surface area contributed by atoms with Crippen molar-refractivity contribution in [2.75, 3.05) is 24.5 Å². The quantitative estimate of drug-likeness (QED) is 0.703. The molecule has 150 valence electrons. The zero-order valence-corrected chi connectivity index (χ0v) is 17.9. The number of rotatable bonds is 7. The lowest BCUT2D eigenvalue weighted by molar-refractivity contribution is -0.125. The molecule has 1 aromatic carbocycles. The number of thiazole rings is 1. The molecule has 8 heteroatoms. The van der Waals surface area contributed by atoms with E-state index >= 15 is 0 Å². The number of nitrogens with one attached hydrogen (secondary N) is 1. The molecule has 2 heterocycles. The first-order valence-corrected chi connectivity index (χ1v) is 9.80. The van der Waals surface area contributed by atoms with E-state index in [0.29, 0.717) is 6.54 Å². The summed E-state index contributed by atoms with van der Waals surface area (Å²) in [7, 11) is 0. The van der Waals surface area contributed by atoms with Crippen LogP contribution in [0.2, 0.25) is 0 Å². The van der Waals surface area contributed by atoms with Crippen molar-refractivity contribution in [3.63, 3.8) is 0 Å². The van der Waals surface area contributed by atoms with E-state index in [2.05, 4.69) is 20.6 Å². The molecule has 27 heavy (non-hydrogen) atoms. The highest BCUT2D eigenvalue weighted by molar-refractivity contribution is 7.13. The molecule has 0 bridgehead atoms. The highest BCUT2D eigenvalue weighted by Gasteiger charge is 2.22. The van der Waals surface area contributed by atoms with Gasteiger partial charge in [0.15, 0.2) is 5.13 Å². The van der Waals surface area contributed by atoms with Crippen LogP contribution in [0.15, 0.2) is 35.7 Å². The molecule has 0 aliphatic carbocycles. The second kappa shape index (κ2) is 11.5. The molecule has 2 atom stereocenters. The van der Waals surface area contributed by atoms with Crippen molar-refractivity contribution < 1.29 is 4.79 Å². The summed E-state index contributed by atoms with van der Waals surface area (Å²) >= 11 is 1.70. The third kappa shape index (κ3) is 6.35. The molecule has 1 amide bonds. The smallest absolute Gasteiger partial charge is 0.224 e. The maximum Gasteiger partial charge on any atom is 0.224 e. The van der Waals surface area contributed by atoms with Crippen molar-refractivity contribution in [3.8, 4) is 0 Å². The van der Waals surface area contributed by atoms with Crippen LogP contribution in [0.5, 0.6) is 0 Å². The van der Waals surface area contributed by atoms with Gasteiger partial charge in [-0.3, -0.25) is 4.79 Å². The summed E-state index contributed by atoms with van der Waals surface area (Å²) in [5.41, 5.74) is 8.25. The molecule has 0 spiro atoms. The number of amides is 1. The summed E-state index contributed by atoms with van der Waals surface area (Å²) in [4.78, 5) is 19.4. The lowest BCUT2D eigenvalue weighted by atomic mass is 9.94. The lowest BCUT2D eigenvalue weighted by Crippen LogP contribution is -2.36. The van der Waals surface area contributed by atoms with Gasteiger partial charge in [-0.15, -0.1) is 36.2 Å². The number of hydrogen-bond donors (Lipinski definition) is 2. The fraction of sp³-hybridized carbons (Fsp3) is 0.474. The Labute approximate surface area is 177 Å². The monoisotopic (exact) mass is 430 g/mol. The van der Waals surface area contributed by atoms with Crippen LogP contribution in [0.1, 0.15) is 37.1 Å². The minimum absolute atomic E-state index is 0. The molecule has 0 saturated carbocycles. The summed E-state index contributed by atoms with van der Waals surface area (Å²) in [6.45, 7) is 4.69. The Morgan fingerprint density at radius 2 is 1.93 bits per heavy atom. The molecular weight excluding hydrogens is 403 g/mol. The van der Waals surface area contributed by atoms with Crippen LogP contribution < -0.4 is 16.0 Å². The molecule has 3 rings (SSSR count). The minimum Gasteiger partial charge on any atom is -0.355 e. The molecule has 3 N–H and O–H groups in total. The van der Waals surface area contributed by atoms with Gasteiger partial charge in [0, 0.05) is 37.5 Å². The highest BCUT2D eigenvalue weighted by atomic mass is 35.5. The number of anilines is 1. The van der Waals surface area contributed by atoms with Gasteiger partial charge in [-0.25, -0.2) is 4.98 Å². The number of nitrogens with zero attached hydrogens (tertiary/aromatic N) is 2. The van der Waals surface area contributed by atoms with Crippen molar-refractivity contribution in [2.45, 2.75) is 32.2 Å². The van der Waals surface area contributed by atoms with Crippen LogP contribution in [0.25, 0.3) is 0 Å². The Hall–Kier alpha value is -1.34. The predicted molar refractivity (Wildman–Crippen MR) is 117 cm³/mol. The molecule has 2 unspecified atom stereocenters.